The van der Waals surface area contributed by atoms with Gasteiger partial charge < -0.3 is 5.32 Å². The van der Waals surface area contributed by atoms with E-state index in [1.165, 1.54) is 5.56 Å². The van der Waals surface area contributed by atoms with Crippen LogP contribution in [0, 0.1) is 6.92 Å². The van der Waals surface area contributed by atoms with Gasteiger partial charge in [0.25, 0.3) is 0 Å². The first-order valence-corrected chi connectivity index (χ1v) is 5.86. The number of halogens is 1. The maximum absolute atomic E-state index is 4.27. The van der Waals surface area contributed by atoms with E-state index in [-0.39, 0.29) is 0 Å². The van der Waals surface area contributed by atoms with Gasteiger partial charge in [-0.2, -0.15) is 0 Å². The molecule has 0 amide bonds. The zero-order valence-electron chi connectivity index (χ0n) is 7.62. The van der Waals surface area contributed by atoms with Gasteiger partial charge in [0, 0.05) is 11.1 Å². The molecular weight excluding hydrogens is 260 g/mol. The number of para-hydroxylation sites is 1. The van der Waals surface area contributed by atoms with Gasteiger partial charge in [-0.25, -0.2) is 4.98 Å². The predicted octanol–water partition coefficient (Wildman–Crippen LogP) is 3.96. The number of benzene rings is 1. The van der Waals surface area contributed by atoms with Crippen molar-refractivity contribution in [2.45, 2.75) is 6.92 Å². The van der Waals surface area contributed by atoms with Crippen LogP contribution in [0.1, 0.15) is 5.56 Å². The molecular formula is C10H9BrN2S. The normalized spacial score (nSPS) is 10.1. The summed E-state index contributed by atoms with van der Waals surface area (Å²) in [5.74, 6) is 0. The molecule has 0 aliphatic carbocycles. The van der Waals surface area contributed by atoms with Gasteiger partial charge in [-0.1, -0.05) is 18.2 Å². The Morgan fingerprint density at radius 1 is 1.36 bits per heavy atom. The van der Waals surface area contributed by atoms with Crippen LogP contribution >= 0.6 is 27.3 Å². The Kier molecular flexibility index (Phi) is 2.84. The van der Waals surface area contributed by atoms with Crippen molar-refractivity contribution >= 4 is 38.1 Å². The predicted molar refractivity (Wildman–Crippen MR) is 64.3 cm³/mol. The van der Waals surface area contributed by atoms with Crippen LogP contribution in [0.2, 0.25) is 0 Å². The monoisotopic (exact) mass is 268 g/mol. The SMILES string of the molecule is Cc1ccccc1Nc1nc(Br)cs1. The fourth-order valence-electron chi connectivity index (χ4n) is 1.14. The van der Waals surface area contributed by atoms with Crippen LogP contribution in [-0.2, 0) is 0 Å². The number of hydrogen-bond donors (Lipinski definition) is 1. The third-order valence-corrected chi connectivity index (χ3v) is 3.33. The molecule has 72 valence electrons. The minimum absolute atomic E-state index is 0.874. The molecule has 0 saturated heterocycles. The zero-order valence-corrected chi connectivity index (χ0v) is 10.0. The minimum Gasteiger partial charge on any atom is -0.331 e. The summed E-state index contributed by atoms with van der Waals surface area (Å²) in [4.78, 5) is 4.27. The molecule has 1 heterocycles. The summed E-state index contributed by atoms with van der Waals surface area (Å²) in [6.07, 6.45) is 0. The summed E-state index contributed by atoms with van der Waals surface area (Å²) in [6, 6.07) is 8.16. The molecule has 0 aliphatic heterocycles. The van der Waals surface area contributed by atoms with Crippen molar-refractivity contribution in [2.75, 3.05) is 5.32 Å². The number of rotatable bonds is 2. The van der Waals surface area contributed by atoms with E-state index in [1.54, 1.807) is 11.3 Å². The molecule has 2 rings (SSSR count). The lowest BCUT2D eigenvalue weighted by Gasteiger charge is -2.04. The van der Waals surface area contributed by atoms with Crippen LogP contribution < -0.4 is 5.32 Å². The average Bonchev–Trinajstić information content (AvgIpc) is 2.56. The van der Waals surface area contributed by atoms with E-state index in [2.05, 4.69) is 39.2 Å². The van der Waals surface area contributed by atoms with Gasteiger partial charge in [-0.05, 0) is 34.5 Å². The van der Waals surface area contributed by atoms with E-state index in [9.17, 15) is 0 Å². The van der Waals surface area contributed by atoms with E-state index in [1.807, 2.05) is 23.6 Å². The maximum atomic E-state index is 4.27. The number of thiazole rings is 1. The molecule has 1 aromatic heterocycles. The lowest BCUT2D eigenvalue weighted by atomic mass is 10.2. The highest BCUT2D eigenvalue weighted by atomic mass is 79.9. The summed E-state index contributed by atoms with van der Waals surface area (Å²) < 4.78 is 0.874. The summed E-state index contributed by atoms with van der Waals surface area (Å²) in [6.45, 7) is 2.07. The van der Waals surface area contributed by atoms with Crippen LogP contribution in [0.4, 0.5) is 10.8 Å². The van der Waals surface area contributed by atoms with E-state index in [4.69, 9.17) is 0 Å². The third kappa shape index (κ3) is 2.13. The molecule has 0 radical (unpaired) electrons. The summed E-state index contributed by atoms with van der Waals surface area (Å²) in [5.41, 5.74) is 2.33. The highest BCUT2D eigenvalue weighted by molar-refractivity contribution is 9.10. The molecule has 2 nitrogen and oxygen atoms in total. The fraction of sp³-hybridized carbons (Fsp3) is 0.100. The molecule has 2 aromatic rings. The molecule has 0 fully saturated rings. The second kappa shape index (κ2) is 4.11. The van der Waals surface area contributed by atoms with Gasteiger partial charge >= 0.3 is 0 Å². The number of aromatic nitrogens is 1. The molecule has 0 aliphatic rings. The van der Waals surface area contributed by atoms with Crippen LogP contribution in [0.5, 0.6) is 0 Å². The van der Waals surface area contributed by atoms with Gasteiger partial charge in [0.15, 0.2) is 5.13 Å². The molecule has 0 spiro atoms. The van der Waals surface area contributed by atoms with Crippen molar-refractivity contribution in [1.29, 1.82) is 0 Å². The van der Waals surface area contributed by atoms with Crippen LogP contribution in [0.15, 0.2) is 34.2 Å². The fourth-order valence-corrected chi connectivity index (χ4v) is 2.30. The van der Waals surface area contributed by atoms with E-state index in [0.29, 0.717) is 0 Å². The molecule has 0 unspecified atom stereocenters. The molecule has 0 bridgehead atoms. The lowest BCUT2D eigenvalue weighted by Crippen LogP contribution is -1.91. The van der Waals surface area contributed by atoms with Gasteiger partial charge in [0.1, 0.15) is 4.60 Å². The van der Waals surface area contributed by atoms with Crippen LogP contribution in [0.25, 0.3) is 0 Å². The number of hydrogen-bond acceptors (Lipinski definition) is 3. The standard InChI is InChI=1S/C10H9BrN2S/c1-7-4-2-3-5-8(7)12-10-13-9(11)6-14-10/h2-6H,1H3,(H,12,13). The Balaban J connectivity index is 2.23. The average molecular weight is 269 g/mol. The summed E-state index contributed by atoms with van der Waals surface area (Å²) >= 11 is 4.91. The highest BCUT2D eigenvalue weighted by Crippen LogP contribution is 2.24. The minimum atomic E-state index is 0.874. The Morgan fingerprint density at radius 3 is 2.79 bits per heavy atom. The lowest BCUT2D eigenvalue weighted by molar-refractivity contribution is 1.33. The smallest absolute Gasteiger partial charge is 0.188 e. The maximum Gasteiger partial charge on any atom is 0.188 e. The Labute approximate surface area is 95.1 Å². The first kappa shape index (κ1) is 9.68. The van der Waals surface area contributed by atoms with Gasteiger partial charge in [-0.3, -0.25) is 0 Å². The number of anilines is 2. The molecule has 0 saturated carbocycles. The Morgan fingerprint density at radius 2 is 2.14 bits per heavy atom. The summed E-state index contributed by atoms with van der Waals surface area (Å²) in [5, 5.41) is 6.14. The number of nitrogens with one attached hydrogen (secondary N) is 1. The van der Waals surface area contributed by atoms with Crippen molar-refractivity contribution in [3.8, 4) is 0 Å². The van der Waals surface area contributed by atoms with Crippen molar-refractivity contribution < 1.29 is 0 Å². The Hall–Kier alpha value is -0.870. The molecule has 14 heavy (non-hydrogen) atoms. The second-order valence-corrected chi connectivity index (χ2v) is 4.59. The van der Waals surface area contributed by atoms with Crippen molar-refractivity contribution in [3.63, 3.8) is 0 Å². The Bertz CT molecular complexity index is 439. The molecule has 4 heteroatoms. The third-order valence-electron chi connectivity index (χ3n) is 1.86. The molecule has 1 N–H and O–H groups in total. The van der Waals surface area contributed by atoms with Crippen LogP contribution in [0.3, 0.4) is 0 Å². The first-order chi connectivity index (χ1) is 6.75. The topological polar surface area (TPSA) is 24.9 Å². The quantitative estimate of drug-likeness (QED) is 0.892. The second-order valence-electron chi connectivity index (χ2n) is 2.92. The summed E-state index contributed by atoms with van der Waals surface area (Å²) in [7, 11) is 0. The first-order valence-electron chi connectivity index (χ1n) is 4.19. The van der Waals surface area contributed by atoms with Crippen molar-refractivity contribution in [2.24, 2.45) is 0 Å². The number of aryl methyl sites for hydroxylation is 1. The van der Waals surface area contributed by atoms with E-state index in [0.717, 1.165) is 15.4 Å². The highest BCUT2D eigenvalue weighted by Gasteiger charge is 2.01. The molecule has 0 atom stereocenters. The van der Waals surface area contributed by atoms with E-state index < -0.39 is 0 Å². The molecule has 1 aromatic carbocycles. The van der Waals surface area contributed by atoms with Crippen LogP contribution in [-0.4, -0.2) is 4.98 Å². The van der Waals surface area contributed by atoms with Crippen molar-refractivity contribution in [1.82, 2.24) is 4.98 Å². The largest absolute Gasteiger partial charge is 0.331 e. The number of nitrogens with zero attached hydrogens (tertiary/aromatic N) is 1. The van der Waals surface area contributed by atoms with Gasteiger partial charge in [-0.15, -0.1) is 11.3 Å². The van der Waals surface area contributed by atoms with Gasteiger partial charge in [0.2, 0.25) is 0 Å². The van der Waals surface area contributed by atoms with Crippen molar-refractivity contribution in [3.05, 3.63) is 39.8 Å². The van der Waals surface area contributed by atoms with E-state index >= 15 is 0 Å². The van der Waals surface area contributed by atoms with Gasteiger partial charge in [0.05, 0.1) is 0 Å². The zero-order chi connectivity index (χ0) is 9.97.